The summed E-state index contributed by atoms with van der Waals surface area (Å²) in [5, 5.41) is 4.10. The zero-order valence-corrected chi connectivity index (χ0v) is 11.4. The number of urea groups is 1. The van der Waals surface area contributed by atoms with Crippen molar-refractivity contribution in [3.63, 3.8) is 0 Å². The predicted molar refractivity (Wildman–Crippen MR) is 77.5 cm³/mol. The van der Waals surface area contributed by atoms with E-state index in [1.807, 2.05) is 34.9 Å². The minimum absolute atomic E-state index is 0.0662. The van der Waals surface area contributed by atoms with E-state index in [2.05, 4.69) is 4.90 Å². The molecule has 3 rings (SSSR count). The molecule has 2 aliphatic rings. The van der Waals surface area contributed by atoms with E-state index < -0.39 is 17.8 Å². The van der Waals surface area contributed by atoms with E-state index in [1.54, 1.807) is 0 Å². The number of barbiturate groups is 1. The summed E-state index contributed by atoms with van der Waals surface area (Å²) < 4.78 is 0. The quantitative estimate of drug-likeness (QED) is 0.628. The molecule has 1 aromatic rings. The summed E-state index contributed by atoms with van der Waals surface area (Å²) in [4.78, 5) is 36.5. The van der Waals surface area contributed by atoms with E-state index in [0.29, 0.717) is 0 Å². The highest BCUT2D eigenvalue weighted by Crippen LogP contribution is 2.21. The molecule has 2 N–H and O–H groups in total. The third-order valence-corrected chi connectivity index (χ3v) is 3.62. The number of anilines is 1. The zero-order valence-electron chi connectivity index (χ0n) is 11.4. The van der Waals surface area contributed by atoms with Crippen LogP contribution in [-0.2, 0) is 9.59 Å². The first kappa shape index (κ1) is 13.4. The maximum atomic E-state index is 11.6. The molecule has 0 aromatic heterocycles. The van der Waals surface area contributed by atoms with Gasteiger partial charge in [0.15, 0.2) is 0 Å². The summed E-state index contributed by atoms with van der Waals surface area (Å²) in [6.07, 6.45) is 3.89. The molecule has 21 heavy (non-hydrogen) atoms. The van der Waals surface area contributed by atoms with Crippen molar-refractivity contribution in [1.82, 2.24) is 10.6 Å². The Morgan fingerprint density at radius 3 is 2.05 bits per heavy atom. The van der Waals surface area contributed by atoms with Gasteiger partial charge in [-0.1, -0.05) is 12.1 Å². The van der Waals surface area contributed by atoms with Crippen LogP contribution >= 0.6 is 0 Å². The highest BCUT2D eigenvalue weighted by Gasteiger charge is 2.27. The third-order valence-electron chi connectivity index (χ3n) is 3.62. The summed E-state index contributed by atoms with van der Waals surface area (Å²) >= 11 is 0. The Morgan fingerprint density at radius 2 is 1.48 bits per heavy atom. The van der Waals surface area contributed by atoms with Crippen LogP contribution < -0.4 is 15.5 Å². The predicted octanol–water partition coefficient (Wildman–Crippen LogP) is 1.04. The molecule has 6 nitrogen and oxygen atoms in total. The van der Waals surface area contributed by atoms with Gasteiger partial charge in [0, 0.05) is 18.8 Å². The molecule has 0 unspecified atom stereocenters. The summed E-state index contributed by atoms with van der Waals surface area (Å²) in [6, 6.07) is 6.88. The van der Waals surface area contributed by atoms with Gasteiger partial charge in [-0.2, -0.15) is 0 Å². The van der Waals surface area contributed by atoms with E-state index in [9.17, 15) is 14.4 Å². The fourth-order valence-corrected chi connectivity index (χ4v) is 2.53. The first-order chi connectivity index (χ1) is 10.1. The lowest BCUT2D eigenvalue weighted by Crippen LogP contribution is -2.51. The van der Waals surface area contributed by atoms with Gasteiger partial charge < -0.3 is 4.90 Å². The Kier molecular flexibility index (Phi) is 3.43. The molecular weight excluding hydrogens is 270 g/mol. The average molecular weight is 285 g/mol. The van der Waals surface area contributed by atoms with E-state index in [0.717, 1.165) is 24.3 Å². The Morgan fingerprint density at radius 1 is 0.905 bits per heavy atom. The molecule has 0 spiro atoms. The third kappa shape index (κ3) is 2.79. The van der Waals surface area contributed by atoms with Crippen LogP contribution in [0.3, 0.4) is 0 Å². The zero-order chi connectivity index (χ0) is 14.8. The molecule has 4 amide bonds. The minimum Gasteiger partial charge on any atom is -0.372 e. The van der Waals surface area contributed by atoms with Crippen molar-refractivity contribution in [2.75, 3.05) is 18.0 Å². The second-order valence-electron chi connectivity index (χ2n) is 5.08. The average Bonchev–Trinajstić information content (AvgIpc) is 2.97. The summed E-state index contributed by atoms with van der Waals surface area (Å²) in [7, 11) is 0. The van der Waals surface area contributed by atoms with Crippen molar-refractivity contribution in [3.05, 3.63) is 35.4 Å². The lowest BCUT2D eigenvalue weighted by molar-refractivity contribution is -0.123. The van der Waals surface area contributed by atoms with Gasteiger partial charge in [0.05, 0.1) is 0 Å². The first-order valence-corrected chi connectivity index (χ1v) is 6.87. The minimum atomic E-state index is -0.786. The van der Waals surface area contributed by atoms with Crippen molar-refractivity contribution >= 4 is 29.6 Å². The first-order valence-electron chi connectivity index (χ1n) is 6.87. The summed E-state index contributed by atoms with van der Waals surface area (Å²) in [5.74, 6) is -1.35. The Labute approximate surface area is 121 Å². The number of carbonyl (C=O) groups excluding carboxylic acids is 3. The molecular formula is C15H15N3O3. The highest BCUT2D eigenvalue weighted by molar-refractivity contribution is 6.31. The van der Waals surface area contributed by atoms with Gasteiger partial charge in [0.1, 0.15) is 5.57 Å². The molecule has 0 bridgehead atoms. The maximum absolute atomic E-state index is 11.6. The SMILES string of the molecule is O=C1NC(=O)C(=Cc2ccc(N3CCCC3)cc2)C(=O)N1. The van der Waals surface area contributed by atoms with E-state index in [4.69, 9.17) is 0 Å². The molecule has 108 valence electrons. The van der Waals surface area contributed by atoms with Gasteiger partial charge in [-0.3, -0.25) is 20.2 Å². The van der Waals surface area contributed by atoms with E-state index in [1.165, 1.54) is 18.9 Å². The fourth-order valence-electron chi connectivity index (χ4n) is 2.53. The summed E-state index contributed by atoms with van der Waals surface area (Å²) in [6.45, 7) is 2.13. The topological polar surface area (TPSA) is 78.5 Å². The van der Waals surface area contributed by atoms with Crippen LogP contribution in [-0.4, -0.2) is 30.9 Å². The number of hydrogen-bond donors (Lipinski definition) is 2. The molecule has 0 saturated carbocycles. The lowest BCUT2D eigenvalue weighted by Gasteiger charge is -2.17. The normalized spacial score (nSPS) is 18.6. The van der Waals surface area contributed by atoms with Crippen molar-refractivity contribution in [3.8, 4) is 0 Å². The molecule has 0 atom stereocenters. The van der Waals surface area contributed by atoms with E-state index >= 15 is 0 Å². The monoisotopic (exact) mass is 285 g/mol. The molecule has 0 radical (unpaired) electrons. The molecule has 2 saturated heterocycles. The standard InChI is InChI=1S/C15H15N3O3/c19-13-12(14(20)17-15(21)16-13)9-10-3-5-11(6-4-10)18-7-1-2-8-18/h3-6,9H,1-2,7-8H2,(H2,16,17,19,20,21). The Bertz CT molecular complexity index is 606. The largest absolute Gasteiger partial charge is 0.372 e. The van der Waals surface area contributed by atoms with E-state index in [-0.39, 0.29) is 5.57 Å². The van der Waals surface area contributed by atoms with Gasteiger partial charge in [0.2, 0.25) is 0 Å². The Balaban J connectivity index is 1.80. The molecule has 2 heterocycles. The number of carbonyl (C=O) groups is 3. The van der Waals surface area contributed by atoms with Crippen LogP contribution in [0.4, 0.5) is 10.5 Å². The second-order valence-corrected chi connectivity index (χ2v) is 5.08. The number of rotatable bonds is 2. The molecule has 6 heteroatoms. The van der Waals surface area contributed by atoms with Gasteiger partial charge >= 0.3 is 6.03 Å². The Hall–Kier alpha value is -2.63. The molecule has 0 aliphatic carbocycles. The molecule has 2 fully saturated rings. The van der Waals surface area contributed by atoms with Crippen molar-refractivity contribution in [2.45, 2.75) is 12.8 Å². The van der Waals surface area contributed by atoms with Crippen molar-refractivity contribution in [1.29, 1.82) is 0 Å². The van der Waals surface area contributed by atoms with Crippen LogP contribution in [0.2, 0.25) is 0 Å². The van der Waals surface area contributed by atoms with Crippen LogP contribution in [0.25, 0.3) is 6.08 Å². The van der Waals surface area contributed by atoms with Crippen LogP contribution in [0, 0.1) is 0 Å². The van der Waals surface area contributed by atoms with Crippen LogP contribution in [0.1, 0.15) is 18.4 Å². The van der Waals surface area contributed by atoms with Crippen LogP contribution in [0.5, 0.6) is 0 Å². The number of benzene rings is 1. The van der Waals surface area contributed by atoms with Gasteiger partial charge in [-0.15, -0.1) is 0 Å². The van der Waals surface area contributed by atoms with Gasteiger partial charge in [0.25, 0.3) is 11.8 Å². The second kappa shape index (κ2) is 5.40. The lowest BCUT2D eigenvalue weighted by atomic mass is 10.1. The van der Waals surface area contributed by atoms with Gasteiger partial charge in [-0.25, -0.2) is 4.79 Å². The number of hydrogen-bond acceptors (Lipinski definition) is 4. The number of imide groups is 2. The van der Waals surface area contributed by atoms with Crippen molar-refractivity contribution < 1.29 is 14.4 Å². The number of amides is 4. The molecule has 2 aliphatic heterocycles. The highest BCUT2D eigenvalue weighted by atomic mass is 16.2. The number of nitrogens with zero attached hydrogens (tertiary/aromatic N) is 1. The molecule has 1 aromatic carbocycles. The number of nitrogens with one attached hydrogen (secondary N) is 2. The van der Waals surface area contributed by atoms with Crippen LogP contribution in [0.15, 0.2) is 29.8 Å². The van der Waals surface area contributed by atoms with Crippen molar-refractivity contribution in [2.24, 2.45) is 0 Å². The maximum Gasteiger partial charge on any atom is 0.328 e. The summed E-state index contributed by atoms with van der Waals surface area (Å²) in [5.41, 5.74) is 1.82. The van der Waals surface area contributed by atoms with Gasteiger partial charge in [-0.05, 0) is 36.6 Å². The fraction of sp³-hybridized carbons (Fsp3) is 0.267. The smallest absolute Gasteiger partial charge is 0.328 e.